The van der Waals surface area contributed by atoms with Crippen molar-refractivity contribution in [3.63, 3.8) is 0 Å². The molecule has 0 amide bonds. The van der Waals surface area contributed by atoms with Gasteiger partial charge in [0.05, 0.1) is 0 Å². The van der Waals surface area contributed by atoms with Gasteiger partial charge in [0.1, 0.15) is 22.6 Å². The second-order valence-electron chi connectivity index (χ2n) is 3.65. The summed E-state index contributed by atoms with van der Waals surface area (Å²) in [5.41, 5.74) is 0.223. The Bertz CT molecular complexity index is 595. The highest BCUT2D eigenvalue weighted by atomic mass is 35.5. The van der Waals surface area contributed by atoms with E-state index < -0.39 is 11.6 Å². The zero-order valence-corrected chi connectivity index (χ0v) is 11.5. The van der Waals surface area contributed by atoms with Crippen molar-refractivity contribution < 1.29 is 8.78 Å². The highest BCUT2D eigenvalue weighted by Crippen LogP contribution is 2.18. The molecule has 0 saturated carbocycles. The molecule has 100 valence electrons. The van der Waals surface area contributed by atoms with E-state index in [0.717, 1.165) is 18.2 Å². The number of thioether (sulfide) groups is 1. The van der Waals surface area contributed by atoms with Crippen LogP contribution in [0, 0.1) is 11.6 Å². The van der Waals surface area contributed by atoms with Crippen molar-refractivity contribution in [2.45, 2.75) is 11.7 Å². The lowest BCUT2D eigenvalue weighted by Crippen LogP contribution is -2.05. The maximum atomic E-state index is 13.4. The summed E-state index contributed by atoms with van der Waals surface area (Å²) in [4.78, 5) is 8.14. The number of anilines is 1. The molecule has 0 unspecified atom stereocenters. The van der Waals surface area contributed by atoms with Crippen LogP contribution in [0.5, 0.6) is 0 Å². The van der Waals surface area contributed by atoms with Crippen LogP contribution in [0.1, 0.15) is 5.56 Å². The molecule has 1 heterocycles. The maximum Gasteiger partial charge on any atom is 0.190 e. The normalized spacial score (nSPS) is 10.5. The summed E-state index contributed by atoms with van der Waals surface area (Å²) in [7, 11) is 0. The van der Waals surface area contributed by atoms with E-state index in [9.17, 15) is 8.78 Å². The molecule has 7 heteroatoms. The molecule has 0 spiro atoms. The van der Waals surface area contributed by atoms with Crippen LogP contribution in [0.4, 0.5) is 14.6 Å². The molecule has 0 radical (unpaired) electrons. The molecule has 19 heavy (non-hydrogen) atoms. The largest absolute Gasteiger partial charge is 0.366 e. The second-order valence-corrected chi connectivity index (χ2v) is 4.81. The number of rotatable bonds is 4. The third kappa shape index (κ3) is 3.78. The average molecular weight is 302 g/mol. The van der Waals surface area contributed by atoms with Crippen molar-refractivity contribution in [2.75, 3.05) is 11.6 Å². The third-order valence-electron chi connectivity index (χ3n) is 2.32. The van der Waals surface area contributed by atoms with Crippen LogP contribution in [-0.4, -0.2) is 16.2 Å². The number of nitrogens with zero attached hydrogens (tertiary/aromatic N) is 2. The Morgan fingerprint density at radius 1 is 1.26 bits per heavy atom. The van der Waals surface area contributed by atoms with Crippen LogP contribution in [0.15, 0.2) is 29.4 Å². The van der Waals surface area contributed by atoms with E-state index in [1.165, 1.54) is 17.8 Å². The number of benzene rings is 1. The molecule has 1 aromatic heterocycles. The van der Waals surface area contributed by atoms with Crippen LogP contribution in [-0.2, 0) is 6.54 Å². The minimum atomic E-state index is -0.483. The maximum absolute atomic E-state index is 13.4. The first-order valence-electron chi connectivity index (χ1n) is 5.35. The summed E-state index contributed by atoms with van der Waals surface area (Å²) in [5.74, 6) is -0.490. The van der Waals surface area contributed by atoms with Crippen LogP contribution in [0.25, 0.3) is 0 Å². The Kier molecular flexibility index (Phi) is 4.55. The van der Waals surface area contributed by atoms with Gasteiger partial charge in [-0.05, 0) is 24.5 Å². The van der Waals surface area contributed by atoms with E-state index in [-0.39, 0.29) is 12.1 Å². The van der Waals surface area contributed by atoms with Gasteiger partial charge in [0.2, 0.25) is 0 Å². The molecule has 0 saturated heterocycles. The Morgan fingerprint density at radius 2 is 2.05 bits per heavy atom. The van der Waals surface area contributed by atoms with E-state index >= 15 is 0 Å². The summed E-state index contributed by atoms with van der Waals surface area (Å²) in [6, 6.07) is 4.83. The summed E-state index contributed by atoms with van der Waals surface area (Å²) in [6.45, 7) is 0.116. The van der Waals surface area contributed by atoms with Gasteiger partial charge in [-0.2, -0.15) is 0 Å². The molecular formula is C12H10ClF2N3S. The molecule has 0 aliphatic rings. The van der Waals surface area contributed by atoms with E-state index in [4.69, 9.17) is 11.6 Å². The molecule has 2 rings (SSSR count). The minimum absolute atomic E-state index is 0.116. The highest BCUT2D eigenvalue weighted by molar-refractivity contribution is 7.98. The molecule has 1 aromatic carbocycles. The number of hydrogen-bond acceptors (Lipinski definition) is 4. The second kappa shape index (κ2) is 6.16. The molecule has 0 aliphatic heterocycles. The summed E-state index contributed by atoms with van der Waals surface area (Å²) < 4.78 is 26.4. The van der Waals surface area contributed by atoms with Gasteiger partial charge < -0.3 is 5.32 Å². The molecular weight excluding hydrogens is 292 g/mol. The first-order valence-corrected chi connectivity index (χ1v) is 6.95. The van der Waals surface area contributed by atoms with E-state index in [2.05, 4.69) is 15.3 Å². The van der Waals surface area contributed by atoms with Gasteiger partial charge in [-0.1, -0.05) is 23.4 Å². The van der Waals surface area contributed by atoms with Gasteiger partial charge in [0, 0.05) is 18.2 Å². The lowest BCUT2D eigenvalue weighted by Gasteiger charge is -2.08. The number of halogens is 3. The van der Waals surface area contributed by atoms with Gasteiger partial charge in [-0.3, -0.25) is 0 Å². The summed E-state index contributed by atoms with van der Waals surface area (Å²) in [5, 5.41) is 3.69. The number of hydrogen-bond donors (Lipinski definition) is 1. The first kappa shape index (κ1) is 14.0. The number of nitrogens with one attached hydrogen (secondary N) is 1. The zero-order valence-electron chi connectivity index (χ0n) is 9.95. The molecule has 0 atom stereocenters. The van der Waals surface area contributed by atoms with E-state index in [0.29, 0.717) is 16.1 Å². The average Bonchev–Trinajstić information content (AvgIpc) is 2.39. The fraction of sp³-hybridized carbons (Fsp3) is 0.167. The quantitative estimate of drug-likeness (QED) is 0.530. The fourth-order valence-corrected chi connectivity index (χ4v) is 2.06. The molecule has 3 nitrogen and oxygen atoms in total. The van der Waals surface area contributed by atoms with Crippen molar-refractivity contribution >= 4 is 29.2 Å². The van der Waals surface area contributed by atoms with Gasteiger partial charge >= 0.3 is 0 Å². The molecule has 2 aromatic rings. The molecule has 0 fully saturated rings. The Labute approximate surface area is 118 Å². The van der Waals surface area contributed by atoms with Crippen molar-refractivity contribution in [1.82, 2.24) is 9.97 Å². The SMILES string of the molecule is CSc1nc(Cl)cc(NCc2cc(F)ccc2F)n1. The van der Waals surface area contributed by atoms with Crippen molar-refractivity contribution in [3.05, 3.63) is 46.6 Å². The van der Waals surface area contributed by atoms with Crippen LogP contribution < -0.4 is 5.32 Å². The standard InChI is InChI=1S/C12H10ClF2N3S/c1-19-12-17-10(13)5-11(18-12)16-6-7-4-8(14)2-3-9(7)15/h2-5H,6H2,1H3,(H,16,17,18). The van der Waals surface area contributed by atoms with Crippen LogP contribution >= 0.6 is 23.4 Å². The Hall–Kier alpha value is -1.40. The van der Waals surface area contributed by atoms with E-state index in [1.54, 1.807) is 0 Å². The van der Waals surface area contributed by atoms with Crippen LogP contribution in [0.2, 0.25) is 5.15 Å². The van der Waals surface area contributed by atoms with Gasteiger partial charge in [0.25, 0.3) is 0 Å². The summed E-state index contributed by atoms with van der Waals surface area (Å²) >= 11 is 7.17. The van der Waals surface area contributed by atoms with Crippen molar-refractivity contribution in [2.24, 2.45) is 0 Å². The van der Waals surface area contributed by atoms with Crippen molar-refractivity contribution in [3.8, 4) is 0 Å². The Morgan fingerprint density at radius 3 is 2.79 bits per heavy atom. The first-order chi connectivity index (χ1) is 9.08. The minimum Gasteiger partial charge on any atom is -0.366 e. The Balaban J connectivity index is 2.14. The molecule has 1 N–H and O–H groups in total. The zero-order chi connectivity index (χ0) is 13.8. The lowest BCUT2D eigenvalue weighted by atomic mass is 10.2. The van der Waals surface area contributed by atoms with Crippen molar-refractivity contribution in [1.29, 1.82) is 0 Å². The topological polar surface area (TPSA) is 37.8 Å². The smallest absolute Gasteiger partial charge is 0.190 e. The van der Waals surface area contributed by atoms with Gasteiger partial charge in [0.15, 0.2) is 5.16 Å². The lowest BCUT2D eigenvalue weighted by molar-refractivity contribution is 0.587. The van der Waals surface area contributed by atoms with Gasteiger partial charge in [-0.15, -0.1) is 0 Å². The molecule has 0 bridgehead atoms. The van der Waals surface area contributed by atoms with E-state index in [1.807, 2.05) is 6.26 Å². The van der Waals surface area contributed by atoms with Crippen LogP contribution in [0.3, 0.4) is 0 Å². The third-order valence-corrected chi connectivity index (χ3v) is 3.07. The van der Waals surface area contributed by atoms with Gasteiger partial charge in [-0.25, -0.2) is 18.7 Å². The summed E-state index contributed by atoms with van der Waals surface area (Å²) in [6.07, 6.45) is 1.82. The predicted molar refractivity (Wildman–Crippen MR) is 72.5 cm³/mol. The fourth-order valence-electron chi connectivity index (χ4n) is 1.44. The highest BCUT2D eigenvalue weighted by Gasteiger charge is 2.06. The molecule has 0 aliphatic carbocycles. The predicted octanol–water partition coefficient (Wildman–Crippen LogP) is 3.74. The monoisotopic (exact) mass is 301 g/mol. The number of aromatic nitrogens is 2.